The third-order valence-electron chi connectivity index (χ3n) is 2.38. The van der Waals surface area contributed by atoms with Crippen LogP contribution in [0.4, 0.5) is 0 Å². The molecule has 0 aliphatic carbocycles. The van der Waals surface area contributed by atoms with E-state index in [0.717, 1.165) is 19.6 Å². The van der Waals surface area contributed by atoms with E-state index in [1.165, 1.54) is 11.1 Å². The fraction of sp³-hybridized carbons (Fsp3) is 0.500. The fourth-order valence-corrected chi connectivity index (χ4v) is 1.52. The van der Waals surface area contributed by atoms with E-state index in [-0.39, 0.29) is 12.4 Å². The van der Waals surface area contributed by atoms with Gasteiger partial charge in [0.2, 0.25) is 0 Å². The maximum atomic E-state index is 2.43. The number of aryl methyl sites for hydroxylation is 1. The Bertz CT molecular complexity index is 256. The van der Waals surface area contributed by atoms with E-state index in [1.807, 2.05) is 0 Å². The topological polar surface area (TPSA) is 3.24 Å². The van der Waals surface area contributed by atoms with E-state index < -0.39 is 0 Å². The van der Waals surface area contributed by atoms with Crippen LogP contribution in [0.25, 0.3) is 0 Å². The van der Waals surface area contributed by atoms with Gasteiger partial charge in [0.1, 0.15) is 0 Å². The van der Waals surface area contributed by atoms with Crippen molar-refractivity contribution < 1.29 is 0 Å². The zero-order valence-electron chi connectivity index (χ0n) is 9.29. The average Bonchev–Trinajstić information content (AvgIpc) is 2.14. The molecule has 0 fully saturated rings. The molecule has 1 nitrogen and oxygen atoms in total. The molecule has 0 bridgehead atoms. The van der Waals surface area contributed by atoms with Crippen LogP contribution < -0.4 is 0 Å². The van der Waals surface area contributed by atoms with Crippen molar-refractivity contribution in [2.45, 2.75) is 27.3 Å². The third kappa shape index (κ3) is 4.12. The molecule has 0 spiro atoms. The van der Waals surface area contributed by atoms with Gasteiger partial charge in [0.25, 0.3) is 0 Å². The lowest BCUT2D eigenvalue weighted by Gasteiger charge is -2.17. The summed E-state index contributed by atoms with van der Waals surface area (Å²) in [6, 6.07) is 8.74. The first kappa shape index (κ1) is 13.5. The number of nitrogens with zero attached hydrogens (tertiary/aromatic N) is 1. The number of halogens is 1. The van der Waals surface area contributed by atoms with Gasteiger partial charge < -0.3 is 0 Å². The zero-order chi connectivity index (χ0) is 9.68. The lowest BCUT2D eigenvalue weighted by molar-refractivity contribution is 0.296. The van der Waals surface area contributed by atoms with Gasteiger partial charge in [0.05, 0.1) is 0 Å². The predicted octanol–water partition coefficient (Wildman–Crippen LogP) is 3.26. The number of benzene rings is 1. The lowest BCUT2D eigenvalue weighted by atomic mass is 10.1. The van der Waals surface area contributed by atoms with Crippen molar-refractivity contribution in [3.63, 3.8) is 0 Å². The van der Waals surface area contributed by atoms with Crippen molar-refractivity contribution in [1.82, 2.24) is 4.90 Å². The van der Waals surface area contributed by atoms with E-state index in [2.05, 4.69) is 49.9 Å². The van der Waals surface area contributed by atoms with Crippen molar-refractivity contribution in [3.05, 3.63) is 35.4 Å². The zero-order valence-corrected chi connectivity index (χ0v) is 10.1. The minimum absolute atomic E-state index is 0. The Labute approximate surface area is 93.5 Å². The molecule has 0 aliphatic heterocycles. The first-order valence-electron chi connectivity index (χ1n) is 5.04. The second-order valence-electron chi connectivity index (χ2n) is 3.45. The molecule has 0 aromatic heterocycles. The molecular formula is C12H20ClN. The molecule has 0 aliphatic rings. The third-order valence-corrected chi connectivity index (χ3v) is 2.38. The van der Waals surface area contributed by atoms with Crippen LogP contribution in [0.5, 0.6) is 0 Å². The molecule has 0 unspecified atom stereocenters. The second kappa shape index (κ2) is 6.86. The van der Waals surface area contributed by atoms with Gasteiger partial charge in [-0.3, -0.25) is 4.90 Å². The first-order chi connectivity index (χ1) is 6.26. The molecule has 0 heterocycles. The minimum atomic E-state index is 0. The number of hydrogen-bond acceptors (Lipinski definition) is 1. The Morgan fingerprint density at radius 3 is 2.29 bits per heavy atom. The molecule has 1 aromatic rings. The van der Waals surface area contributed by atoms with E-state index in [1.54, 1.807) is 0 Å². The summed E-state index contributed by atoms with van der Waals surface area (Å²) in [6.07, 6.45) is 0. The predicted molar refractivity (Wildman–Crippen MR) is 65.1 cm³/mol. The van der Waals surface area contributed by atoms with Gasteiger partial charge in [0.15, 0.2) is 0 Å². The highest BCUT2D eigenvalue weighted by Gasteiger charge is 1.99. The van der Waals surface area contributed by atoms with Crippen LogP contribution >= 0.6 is 12.4 Å². The highest BCUT2D eigenvalue weighted by atomic mass is 35.5. The average molecular weight is 214 g/mol. The maximum Gasteiger partial charge on any atom is 0.0233 e. The van der Waals surface area contributed by atoms with E-state index >= 15 is 0 Å². The van der Waals surface area contributed by atoms with Crippen LogP contribution in [0.3, 0.4) is 0 Å². The summed E-state index contributed by atoms with van der Waals surface area (Å²) in [5, 5.41) is 0. The molecule has 1 aromatic carbocycles. The summed E-state index contributed by atoms with van der Waals surface area (Å²) in [5.41, 5.74) is 2.77. The maximum absolute atomic E-state index is 2.43. The SMILES string of the molecule is CCN(CC)Cc1cccc(C)c1.Cl. The molecule has 2 heteroatoms. The van der Waals surface area contributed by atoms with Crippen LogP contribution in [0.2, 0.25) is 0 Å². The Morgan fingerprint density at radius 2 is 1.79 bits per heavy atom. The smallest absolute Gasteiger partial charge is 0.0233 e. The van der Waals surface area contributed by atoms with E-state index in [4.69, 9.17) is 0 Å². The Hall–Kier alpha value is -0.530. The molecule has 80 valence electrons. The van der Waals surface area contributed by atoms with Gasteiger partial charge >= 0.3 is 0 Å². The van der Waals surface area contributed by atoms with Crippen LogP contribution in [0.15, 0.2) is 24.3 Å². The fourth-order valence-electron chi connectivity index (χ4n) is 1.52. The lowest BCUT2D eigenvalue weighted by Crippen LogP contribution is -2.22. The molecule has 0 N–H and O–H groups in total. The van der Waals surface area contributed by atoms with E-state index in [0.29, 0.717) is 0 Å². The highest BCUT2D eigenvalue weighted by molar-refractivity contribution is 5.85. The van der Waals surface area contributed by atoms with Gasteiger partial charge in [-0.25, -0.2) is 0 Å². The van der Waals surface area contributed by atoms with Crippen molar-refractivity contribution in [2.75, 3.05) is 13.1 Å². The van der Waals surface area contributed by atoms with Gasteiger partial charge in [-0.2, -0.15) is 0 Å². The monoisotopic (exact) mass is 213 g/mol. The molecule has 0 amide bonds. The van der Waals surface area contributed by atoms with Crippen molar-refractivity contribution >= 4 is 12.4 Å². The summed E-state index contributed by atoms with van der Waals surface area (Å²) in [5.74, 6) is 0. The van der Waals surface area contributed by atoms with Gasteiger partial charge in [0, 0.05) is 6.54 Å². The largest absolute Gasteiger partial charge is 0.300 e. The van der Waals surface area contributed by atoms with Gasteiger partial charge in [-0.1, -0.05) is 43.7 Å². The van der Waals surface area contributed by atoms with E-state index in [9.17, 15) is 0 Å². The summed E-state index contributed by atoms with van der Waals surface area (Å²) >= 11 is 0. The van der Waals surface area contributed by atoms with Crippen molar-refractivity contribution in [1.29, 1.82) is 0 Å². The molecule has 0 saturated heterocycles. The quantitative estimate of drug-likeness (QED) is 0.742. The molecule has 0 atom stereocenters. The summed E-state index contributed by atoms with van der Waals surface area (Å²) in [6.45, 7) is 9.90. The molecule has 0 radical (unpaired) electrons. The normalized spacial score (nSPS) is 10.0. The Kier molecular flexibility index (Phi) is 6.60. The first-order valence-corrected chi connectivity index (χ1v) is 5.04. The van der Waals surface area contributed by atoms with Gasteiger partial charge in [-0.15, -0.1) is 12.4 Å². The molecule has 14 heavy (non-hydrogen) atoms. The van der Waals surface area contributed by atoms with Crippen LogP contribution in [-0.2, 0) is 6.54 Å². The van der Waals surface area contributed by atoms with Crippen LogP contribution in [0, 0.1) is 6.92 Å². The van der Waals surface area contributed by atoms with Crippen LogP contribution in [0.1, 0.15) is 25.0 Å². The molecular weight excluding hydrogens is 194 g/mol. The summed E-state index contributed by atoms with van der Waals surface area (Å²) in [7, 11) is 0. The molecule has 0 saturated carbocycles. The summed E-state index contributed by atoms with van der Waals surface area (Å²) < 4.78 is 0. The number of hydrogen-bond donors (Lipinski definition) is 0. The minimum Gasteiger partial charge on any atom is -0.300 e. The second-order valence-corrected chi connectivity index (χ2v) is 3.45. The highest BCUT2D eigenvalue weighted by Crippen LogP contribution is 2.06. The standard InChI is InChI=1S/C12H19N.ClH/c1-4-13(5-2)10-12-8-6-7-11(3)9-12;/h6-9H,4-5,10H2,1-3H3;1H. The van der Waals surface area contributed by atoms with Gasteiger partial charge in [-0.05, 0) is 25.6 Å². The summed E-state index contributed by atoms with van der Waals surface area (Å²) in [4.78, 5) is 2.43. The number of rotatable bonds is 4. The molecule has 1 rings (SSSR count). The van der Waals surface area contributed by atoms with Crippen molar-refractivity contribution in [2.24, 2.45) is 0 Å². The Morgan fingerprint density at radius 1 is 1.14 bits per heavy atom. The van der Waals surface area contributed by atoms with Crippen molar-refractivity contribution in [3.8, 4) is 0 Å². The van der Waals surface area contributed by atoms with Crippen LogP contribution in [-0.4, -0.2) is 18.0 Å². The Balaban J connectivity index is 0.00000169.